The van der Waals surface area contributed by atoms with Crippen LogP contribution in [0.3, 0.4) is 0 Å². The van der Waals surface area contributed by atoms with E-state index < -0.39 is 11.6 Å². The predicted molar refractivity (Wildman–Crippen MR) is 104 cm³/mol. The first-order chi connectivity index (χ1) is 13.6. The molecule has 2 aliphatic heterocycles. The van der Waals surface area contributed by atoms with Gasteiger partial charge in [-0.15, -0.1) is 0 Å². The lowest BCUT2D eigenvalue weighted by molar-refractivity contribution is -0.125. The maximum absolute atomic E-state index is 13.3. The van der Waals surface area contributed by atoms with Crippen LogP contribution in [0.25, 0.3) is 21.7 Å². The van der Waals surface area contributed by atoms with E-state index in [0.717, 1.165) is 16.2 Å². The van der Waals surface area contributed by atoms with Gasteiger partial charge in [-0.1, -0.05) is 30.3 Å². The highest BCUT2D eigenvalue weighted by atomic mass is 16.2. The molecule has 1 aromatic heterocycles. The number of nitrogens with one attached hydrogen (secondary N) is 2. The smallest absolute Gasteiger partial charge is 0.322 e. The third-order valence-corrected chi connectivity index (χ3v) is 5.76. The molecule has 7 heteroatoms. The Labute approximate surface area is 160 Å². The molecule has 5 rings (SSSR count). The Balaban J connectivity index is 1.50. The van der Waals surface area contributed by atoms with Crippen molar-refractivity contribution >= 4 is 39.5 Å². The summed E-state index contributed by atoms with van der Waals surface area (Å²) in [5, 5.41) is 8.01. The summed E-state index contributed by atoms with van der Waals surface area (Å²) < 4.78 is 0. The molecule has 0 unspecified atom stereocenters. The first-order valence-corrected chi connectivity index (χ1v) is 9.27. The van der Waals surface area contributed by atoms with Crippen LogP contribution in [0.2, 0.25) is 0 Å². The molecule has 2 aromatic carbocycles. The second-order valence-corrected chi connectivity index (χ2v) is 7.33. The fraction of sp³-hybridized carbons (Fsp3) is 0.238. The molecule has 7 nitrogen and oxygen atoms in total. The van der Waals surface area contributed by atoms with Crippen LogP contribution >= 0.6 is 0 Å². The minimum Gasteiger partial charge on any atom is -0.338 e. The largest absolute Gasteiger partial charge is 0.338 e. The van der Waals surface area contributed by atoms with Crippen molar-refractivity contribution in [3.63, 3.8) is 0 Å². The number of nitrogens with zero attached hydrogens (tertiary/aromatic N) is 2. The molecule has 3 aromatic rings. The minimum atomic E-state index is -0.891. The molecule has 2 aliphatic rings. The maximum atomic E-state index is 13.3. The van der Waals surface area contributed by atoms with Crippen LogP contribution in [0.15, 0.2) is 48.7 Å². The van der Waals surface area contributed by atoms with Crippen LogP contribution in [0.5, 0.6) is 0 Å². The van der Waals surface area contributed by atoms with E-state index in [-0.39, 0.29) is 11.8 Å². The number of aromatic nitrogens is 1. The van der Waals surface area contributed by atoms with E-state index in [1.54, 1.807) is 11.1 Å². The number of carbonyl (C=O) groups is 3. The number of benzene rings is 2. The van der Waals surface area contributed by atoms with E-state index in [4.69, 9.17) is 0 Å². The number of amides is 4. The molecule has 2 fully saturated rings. The number of piperidine rings is 1. The summed E-state index contributed by atoms with van der Waals surface area (Å²) in [6.07, 6.45) is 2.49. The van der Waals surface area contributed by atoms with Gasteiger partial charge < -0.3 is 10.2 Å². The van der Waals surface area contributed by atoms with Crippen molar-refractivity contribution in [1.29, 1.82) is 0 Å². The van der Waals surface area contributed by atoms with E-state index in [9.17, 15) is 14.4 Å². The molecule has 3 heterocycles. The quantitative estimate of drug-likeness (QED) is 0.505. The number of carbonyl (C=O) groups excluding carboxylic acids is 3. The van der Waals surface area contributed by atoms with Gasteiger partial charge in [-0.05, 0) is 35.7 Å². The van der Waals surface area contributed by atoms with Crippen molar-refractivity contribution in [3.8, 4) is 0 Å². The topological polar surface area (TPSA) is 91.4 Å². The molecule has 140 valence electrons. The number of hydrogen-bond donors (Lipinski definition) is 2. The summed E-state index contributed by atoms with van der Waals surface area (Å²) in [7, 11) is 0. The Hall–Kier alpha value is -3.48. The normalized spacial score (nSPS) is 18.5. The highest BCUT2D eigenvalue weighted by molar-refractivity contribution is 6.15. The van der Waals surface area contributed by atoms with Crippen molar-refractivity contribution in [2.24, 2.45) is 0 Å². The molecule has 4 amide bonds. The summed E-state index contributed by atoms with van der Waals surface area (Å²) in [5.41, 5.74) is 0.348. The Bertz CT molecular complexity index is 1150. The van der Waals surface area contributed by atoms with Gasteiger partial charge in [0.25, 0.3) is 11.8 Å². The molecule has 0 aliphatic carbocycles. The maximum Gasteiger partial charge on any atom is 0.322 e. The predicted octanol–water partition coefficient (Wildman–Crippen LogP) is 2.20. The standard InChI is InChI=1S/C21H18N4O3/c26-18(25-10-7-21(8-11-25)19(27)23-20(28)24-21)16-12-13-4-1-2-5-14(13)15-6-3-9-22-17(15)16/h1-6,9,12H,7-8,10-11H2,(H2,23,24,27,28). The molecule has 0 atom stereocenters. The second-order valence-electron chi connectivity index (χ2n) is 7.33. The van der Waals surface area contributed by atoms with E-state index in [2.05, 4.69) is 15.6 Å². The monoisotopic (exact) mass is 374 g/mol. The number of imide groups is 1. The highest BCUT2D eigenvalue weighted by Gasteiger charge is 2.48. The number of fused-ring (bicyclic) bond motifs is 3. The molecule has 2 saturated heterocycles. The van der Waals surface area contributed by atoms with Gasteiger partial charge in [0.2, 0.25) is 0 Å². The summed E-state index contributed by atoms with van der Waals surface area (Å²) in [6, 6.07) is 13.2. The zero-order valence-corrected chi connectivity index (χ0v) is 15.1. The first-order valence-electron chi connectivity index (χ1n) is 9.27. The number of rotatable bonds is 1. The summed E-state index contributed by atoms with van der Waals surface area (Å²) in [5.74, 6) is -0.406. The Morgan fingerprint density at radius 1 is 1.04 bits per heavy atom. The van der Waals surface area contributed by atoms with Crippen molar-refractivity contribution < 1.29 is 14.4 Å². The summed E-state index contributed by atoms with van der Waals surface area (Å²) >= 11 is 0. The molecule has 1 spiro atoms. The lowest BCUT2D eigenvalue weighted by atomic mass is 9.87. The summed E-state index contributed by atoms with van der Waals surface area (Å²) in [6.45, 7) is 0.793. The van der Waals surface area contributed by atoms with Gasteiger partial charge in [0.05, 0.1) is 11.1 Å². The number of likely N-dealkylation sites (tertiary alicyclic amines) is 1. The van der Waals surface area contributed by atoms with E-state index in [1.165, 1.54) is 0 Å². The molecule has 0 bridgehead atoms. The third-order valence-electron chi connectivity index (χ3n) is 5.76. The minimum absolute atomic E-state index is 0.103. The Morgan fingerprint density at radius 2 is 1.79 bits per heavy atom. The van der Waals surface area contributed by atoms with Crippen LogP contribution in [-0.4, -0.2) is 46.4 Å². The number of hydrogen-bond acceptors (Lipinski definition) is 4. The second kappa shape index (κ2) is 6.02. The first kappa shape index (κ1) is 16.7. The average Bonchev–Trinajstić information content (AvgIpc) is 3.00. The van der Waals surface area contributed by atoms with Crippen LogP contribution in [0.4, 0.5) is 4.79 Å². The fourth-order valence-electron chi connectivity index (χ4n) is 4.23. The van der Waals surface area contributed by atoms with Gasteiger partial charge in [0, 0.05) is 24.7 Å². The van der Waals surface area contributed by atoms with Crippen LogP contribution in [0.1, 0.15) is 23.2 Å². The van der Waals surface area contributed by atoms with Crippen LogP contribution < -0.4 is 10.6 Å². The van der Waals surface area contributed by atoms with Crippen molar-refractivity contribution in [2.45, 2.75) is 18.4 Å². The van der Waals surface area contributed by atoms with Crippen molar-refractivity contribution in [2.75, 3.05) is 13.1 Å². The van der Waals surface area contributed by atoms with Crippen LogP contribution in [-0.2, 0) is 4.79 Å². The van der Waals surface area contributed by atoms with E-state index in [0.29, 0.717) is 37.0 Å². The van der Waals surface area contributed by atoms with Gasteiger partial charge in [-0.3, -0.25) is 19.9 Å². The van der Waals surface area contributed by atoms with E-state index >= 15 is 0 Å². The van der Waals surface area contributed by atoms with Crippen LogP contribution in [0, 0.1) is 0 Å². The third kappa shape index (κ3) is 2.43. The Morgan fingerprint density at radius 3 is 2.54 bits per heavy atom. The Kier molecular flexibility index (Phi) is 3.58. The molecule has 0 radical (unpaired) electrons. The van der Waals surface area contributed by atoms with Crippen molar-refractivity contribution in [3.05, 3.63) is 54.2 Å². The van der Waals surface area contributed by atoms with Gasteiger partial charge in [0.15, 0.2) is 0 Å². The SMILES string of the molecule is O=C1NC(=O)C2(CCN(C(=O)c3cc4ccccc4c4cccnc34)CC2)N1. The number of urea groups is 1. The van der Waals surface area contributed by atoms with Crippen molar-refractivity contribution in [1.82, 2.24) is 20.5 Å². The lowest BCUT2D eigenvalue weighted by Gasteiger charge is -2.37. The molecular weight excluding hydrogens is 356 g/mol. The van der Waals surface area contributed by atoms with Gasteiger partial charge in [-0.25, -0.2) is 4.79 Å². The average molecular weight is 374 g/mol. The molecule has 2 N–H and O–H groups in total. The summed E-state index contributed by atoms with van der Waals surface area (Å²) in [4.78, 5) is 43.1. The molecular formula is C21H18N4O3. The fourth-order valence-corrected chi connectivity index (χ4v) is 4.23. The zero-order chi connectivity index (χ0) is 19.3. The zero-order valence-electron chi connectivity index (χ0n) is 15.1. The van der Waals surface area contributed by atoms with Gasteiger partial charge in [0.1, 0.15) is 5.54 Å². The number of pyridine rings is 1. The van der Waals surface area contributed by atoms with Gasteiger partial charge >= 0.3 is 6.03 Å². The van der Waals surface area contributed by atoms with Gasteiger partial charge in [-0.2, -0.15) is 0 Å². The lowest BCUT2D eigenvalue weighted by Crippen LogP contribution is -2.55. The highest BCUT2D eigenvalue weighted by Crippen LogP contribution is 2.30. The van der Waals surface area contributed by atoms with E-state index in [1.807, 2.05) is 42.5 Å². The molecule has 0 saturated carbocycles. The molecule has 28 heavy (non-hydrogen) atoms.